The van der Waals surface area contributed by atoms with Gasteiger partial charge in [-0.2, -0.15) is 5.26 Å². The number of hydrogen-bond donors (Lipinski definition) is 2. The topological polar surface area (TPSA) is 87.0 Å². The van der Waals surface area contributed by atoms with Crippen molar-refractivity contribution in [3.63, 3.8) is 0 Å². The summed E-state index contributed by atoms with van der Waals surface area (Å²) in [4.78, 5) is 17.2. The van der Waals surface area contributed by atoms with Crippen molar-refractivity contribution in [2.75, 3.05) is 25.1 Å². The van der Waals surface area contributed by atoms with Gasteiger partial charge in [-0.25, -0.2) is 4.98 Å². The summed E-state index contributed by atoms with van der Waals surface area (Å²) in [6, 6.07) is 9.18. The van der Waals surface area contributed by atoms with E-state index < -0.39 is 0 Å². The first-order chi connectivity index (χ1) is 14.0. The van der Waals surface area contributed by atoms with E-state index in [0.717, 1.165) is 31.6 Å². The Kier molecular flexibility index (Phi) is 7.08. The lowest BCUT2D eigenvalue weighted by Crippen LogP contribution is -2.32. The number of carbonyl (C=O) groups is 1. The first kappa shape index (κ1) is 21.1. The van der Waals surface area contributed by atoms with Crippen LogP contribution in [-0.4, -0.2) is 30.6 Å². The maximum Gasteiger partial charge on any atom is 0.253 e. The van der Waals surface area contributed by atoms with Gasteiger partial charge in [-0.3, -0.25) is 4.79 Å². The fourth-order valence-corrected chi connectivity index (χ4v) is 3.59. The van der Waals surface area contributed by atoms with Gasteiger partial charge in [0.2, 0.25) is 0 Å². The molecule has 0 bridgehead atoms. The van der Waals surface area contributed by atoms with Crippen LogP contribution in [0.2, 0.25) is 5.02 Å². The molecule has 0 spiro atoms. The quantitative estimate of drug-likeness (QED) is 0.722. The number of nitrogens with zero attached hydrogens (tertiary/aromatic N) is 2. The Morgan fingerprint density at radius 3 is 2.83 bits per heavy atom. The summed E-state index contributed by atoms with van der Waals surface area (Å²) in [5, 5.41) is 15.9. The first-order valence-corrected chi connectivity index (χ1v) is 10.2. The van der Waals surface area contributed by atoms with Gasteiger partial charge in [0.05, 0.1) is 21.8 Å². The summed E-state index contributed by atoms with van der Waals surface area (Å²) >= 11 is 6.10. The summed E-state index contributed by atoms with van der Waals surface area (Å²) in [5.41, 5.74) is 2.41. The predicted molar refractivity (Wildman–Crippen MR) is 114 cm³/mol. The monoisotopic (exact) mass is 412 g/mol. The van der Waals surface area contributed by atoms with E-state index in [4.69, 9.17) is 16.3 Å². The van der Waals surface area contributed by atoms with Crippen LogP contribution >= 0.6 is 11.6 Å². The highest BCUT2D eigenvalue weighted by Gasteiger charge is 2.19. The molecule has 0 unspecified atom stereocenters. The third-order valence-corrected chi connectivity index (χ3v) is 5.40. The highest BCUT2D eigenvalue weighted by molar-refractivity contribution is 6.32. The molecule has 1 amide bonds. The summed E-state index contributed by atoms with van der Waals surface area (Å²) in [5.74, 6) is 1.04. The van der Waals surface area contributed by atoms with Crippen molar-refractivity contribution in [2.45, 2.75) is 32.6 Å². The van der Waals surface area contributed by atoms with Crippen molar-refractivity contribution >= 4 is 29.0 Å². The van der Waals surface area contributed by atoms with Crippen LogP contribution in [0.1, 0.15) is 54.1 Å². The largest absolute Gasteiger partial charge is 0.381 e. The Balaban J connectivity index is 1.77. The lowest BCUT2D eigenvalue weighted by molar-refractivity contribution is 0.0642. The van der Waals surface area contributed by atoms with Gasteiger partial charge in [0, 0.05) is 26.0 Å². The zero-order valence-electron chi connectivity index (χ0n) is 16.7. The molecule has 7 heteroatoms. The smallest absolute Gasteiger partial charge is 0.253 e. The molecule has 2 heterocycles. The number of amides is 1. The Hall–Kier alpha value is -2.62. The molecule has 1 aromatic heterocycles. The molecule has 29 heavy (non-hydrogen) atoms. The minimum absolute atomic E-state index is 0.111. The molecule has 1 fully saturated rings. The molecule has 0 saturated carbocycles. The predicted octanol–water partition coefficient (Wildman–Crippen LogP) is 4.63. The van der Waals surface area contributed by atoms with E-state index in [1.165, 1.54) is 0 Å². The van der Waals surface area contributed by atoms with Crippen LogP contribution in [0.15, 0.2) is 30.5 Å². The second-order valence-electron chi connectivity index (χ2n) is 7.48. The van der Waals surface area contributed by atoms with Crippen molar-refractivity contribution in [2.24, 2.45) is 5.92 Å². The zero-order valence-corrected chi connectivity index (χ0v) is 17.4. The van der Waals surface area contributed by atoms with Crippen LogP contribution in [0.4, 0.5) is 11.5 Å². The number of hydrogen-bond acceptors (Lipinski definition) is 5. The van der Waals surface area contributed by atoms with Gasteiger partial charge in [-0.1, -0.05) is 31.5 Å². The van der Waals surface area contributed by atoms with Crippen molar-refractivity contribution in [3.8, 4) is 6.07 Å². The molecule has 6 nitrogen and oxygen atoms in total. The molecular formula is C22H25ClN4O2. The van der Waals surface area contributed by atoms with Crippen LogP contribution < -0.4 is 10.6 Å². The highest BCUT2D eigenvalue weighted by atomic mass is 35.5. The van der Waals surface area contributed by atoms with Gasteiger partial charge in [-0.15, -0.1) is 0 Å². The Morgan fingerprint density at radius 1 is 1.38 bits per heavy atom. The van der Waals surface area contributed by atoms with Gasteiger partial charge in [0.25, 0.3) is 5.91 Å². The van der Waals surface area contributed by atoms with Gasteiger partial charge < -0.3 is 15.4 Å². The summed E-state index contributed by atoms with van der Waals surface area (Å²) in [7, 11) is 0. The minimum atomic E-state index is -0.111. The number of carbonyl (C=O) groups excluding carboxylic acids is 1. The lowest BCUT2D eigenvalue weighted by atomic mass is 9.97. The summed E-state index contributed by atoms with van der Waals surface area (Å²) < 4.78 is 5.37. The van der Waals surface area contributed by atoms with Crippen molar-refractivity contribution in [1.82, 2.24) is 10.3 Å². The van der Waals surface area contributed by atoms with Gasteiger partial charge >= 0.3 is 0 Å². The second-order valence-corrected chi connectivity index (χ2v) is 7.88. The number of rotatable bonds is 6. The molecule has 1 aromatic carbocycles. The molecule has 0 atom stereocenters. The third-order valence-electron chi connectivity index (χ3n) is 5.08. The summed E-state index contributed by atoms with van der Waals surface area (Å²) in [6.45, 7) is 6.23. The third kappa shape index (κ3) is 5.26. The Morgan fingerprint density at radius 2 is 2.14 bits per heavy atom. The second kappa shape index (κ2) is 9.73. The molecule has 152 valence electrons. The van der Waals surface area contributed by atoms with E-state index in [2.05, 4.69) is 21.7 Å². The fourth-order valence-electron chi connectivity index (χ4n) is 3.37. The van der Waals surface area contributed by atoms with Crippen LogP contribution in [0.3, 0.4) is 0 Å². The van der Waals surface area contributed by atoms with Crippen molar-refractivity contribution in [1.29, 1.82) is 5.26 Å². The average molecular weight is 413 g/mol. The highest BCUT2D eigenvalue weighted by Crippen LogP contribution is 2.28. The van der Waals surface area contributed by atoms with Crippen LogP contribution in [0, 0.1) is 17.2 Å². The average Bonchev–Trinajstić information content (AvgIpc) is 2.73. The molecule has 1 aliphatic heterocycles. The van der Waals surface area contributed by atoms with E-state index in [1.807, 2.05) is 19.9 Å². The Labute approximate surface area is 176 Å². The van der Waals surface area contributed by atoms with Crippen LogP contribution in [0.5, 0.6) is 0 Å². The van der Waals surface area contributed by atoms with Crippen molar-refractivity contribution < 1.29 is 9.53 Å². The molecule has 2 aromatic rings. The maximum atomic E-state index is 12.8. The number of aromatic nitrogens is 1. The van der Waals surface area contributed by atoms with E-state index >= 15 is 0 Å². The minimum Gasteiger partial charge on any atom is -0.381 e. The number of anilines is 2. The lowest BCUT2D eigenvalue weighted by Gasteiger charge is -2.22. The van der Waals surface area contributed by atoms with Gasteiger partial charge in [0.1, 0.15) is 11.9 Å². The normalized spacial score (nSPS) is 14.4. The Bertz CT molecular complexity index is 918. The van der Waals surface area contributed by atoms with Crippen LogP contribution in [0.25, 0.3) is 0 Å². The SMILES string of the molecule is CC(C)c1cc(Nc2cccc(Cl)c2C#N)ncc1C(=O)NCC1CCOCC1. The maximum absolute atomic E-state index is 12.8. The number of ether oxygens (including phenoxy) is 1. The van der Waals surface area contributed by atoms with Crippen molar-refractivity contribution in [3.05, 3.63) is 52.2 Å². The summed E-state index contributed by atoms with van der Waals surface area (Å²) in [6.07, 6.45) is 3.53. The van der Waals surface area contributed by atoms with E-state index in [0.29, 0.717) is 40.1 Å². The molecule has 1 saturated heterocycles. The first-order valence-electron chi connectivity index (χ1n) is 9.81. The van der Waals surface area contributed by atoms with E-state index in [-0.39, 0.29) is 11.8 Å². The number of benzene rings is 1. The van der Waals surface area contributed by atoms with E-state index in [1.54, 1.807) is 24.4 Å². The number of nitrogens with one attached hydrogen (secondary N) is 2. The van der Waals surface area contributed by atoms with Crippen LogP contribution in [-0.2, 0) is 4.74 Å². The number of halogens is 1. The molecule has 3 rings (SSSR count). The van der Waals surface area contributed by atoms with Gasteiger partial charge in [-0.05, 0) is 48.4 Å². The standard InChI is InChI=1S/C22H25ClN4O2/c1-14(2)16-10-21(27-20-5-3-4-19(23)17(20)11-24)25-13-18(16)22(28)26-12-15-6-8-29-9-7-15/h3-5,10,13-15H,6-9,12H2,1-2H3,(H,25,27)(H,26,28). The van der Waals surface area contributed by atoms with Gasteiger partial charge in [0.15, 0.2) is 0 Å². The molecule has 0 aliphatic carbocycles. The zero-order chi connectivity index (χ0) is 20.8. The fraction of sp³-hybridized carbons (Fsp3) is 0.409. The number of nitriles is 1. The molecule has 1 aliphatic rings. The number of pyridine rings is 1. The molecular weight excluding hydrogens is 388 g/mol. The molecule has 0 radical (unpaired) electrons. The van der Waals surface area contributed by atoms with E-state index in [9.17, 15) is 10.1 Å². The molecule has 2 N–H and O–H groups in total.